The van der Waals surface area contributed by atoms with E-state index < -0.39 is 17.5 Å². The molecule has 3 N–H and O–H groups in total. The number of nitrogens with one attached hydrogen (secondary N) is 1. The molecule has 1 aliphatic carbocycles. The summed E-state index contributed by atoms with van der Waals surface area (Å²) in [5, 5.41) is 18.2. The van der Waals surface area contributed by atoms with Crippen molar-refractivity contribution in [3.8, 4) is 0 Å². The summed E-state index contributed by atoms with van der Waals surface area (Å²) in [5.41, 5.74) is 0.275. The summed E-state index contributed by atoms with van der Waals surface area (Å²) in [4.78, 5) is 13.6. The Balaban J connectivity index is 2.27. The maximum absolute atomic E-state index is 10.6. The summed E-state index contributed by atoms with van der Waals surface area (Å²) in [7, 11) is 0. The lowest BCUT2D eigenvalue weighted by molar-refractivity contribution is -0.148. The zero-order valence-corrected chi connectivity index (χ0v) is 7.03. The predicted octanol–water partition coefficient (Wildman–Crippen LogP) is 0.492. The number of rotatable bonds is 3. The van der Waals surface area contributed by atoms with Gasteiger partial charge in [-0.15, -0.1) is 0 Å². The lowest BCUT2D eigenvalue weighted by atomic mass is 9.95. The smallest absolute Gasteiger partial charge is 0.333 e. The molecule has 1 aromatic heterocycles. The summed E-state index contributed by atoms with van der Waals surface area (Å²) in [6.45, 7) is 0. The second kappa shape index (κ2) is 2.60. The minimum absolute atomic E-state index is 0.546. The molecule has 0 radical (unpaired) electrons. The van der Waals surface area contributed by atoms with Gasteiger partial charge in [0.25, 0.3) is 0 Å². The highest BCUT2D eigenvalue weighted by Crippen LogP contribution is 2.50. The number of carbonyl (C=O) groups is 1. The Kier molecular flexibility index (Phi) is 1.66. The average Bonchev–Trinajstić information content (AvgIpc) is 2.72. The van der Waals surface area contributed by atoms with E-state index in [-0.39, 0.29) is 0 Å². The molecule has 0 bridgehead atoms. The minimum atomic E-state index is -1.29. The molecule has 0 spiro atoms. The van der Waals surface area contributed by atoms with E-state index in [9.17, 15) is 9.90 Å². The van der Waals surface area contributed by atoms with Crippen molar-refractivity contribution in [1.29, 1.82) is 0 Å². The van der Waals surface area contributed by atoms with Gasteiger partial charge >= 0.3 is 5.97 Å². The Hall–Kier alpha value is -1.29. The van der Waals surface area contributed by atoms with Crippen molar-refractivity contribution >= 4 is 5.97 Å². The molecule has 70 valence electrons. The fraction of sp³-hybridized carbons (Fsp3) is 0.444. The van der Waals surface area contributed by atoms with E-state index in [1.807, 2.05) is 12.1 Å². The van der Waals surface area contributed by atoms with Gasteiger partial charge in [-0.2, -0.15) is 0 Å². The monoisotopic (exact) mass is 181 g/mol. The van der Waals surface area contributed by atoms with E-state index in [1.54, 1.807) is 6.20 Å². The van der Waals surface area contributed by atoms with Crippen molar-refractivity contribution in [2.75, 3.05) is 0 Å². The predicted molar refractivity (Wildman–Crippen MR) is 45.3 cm³/mol. The molecule has 1 atom stereocenters. The van der Waals surface area contributed by atoms with Crippen LogP contribution >= 0.6 is 0 Å². The van der Waals surface area contributed by atoms with Crippen LogP contribution in [-0.2, 0) is 10.2 Å². The molecular formula is C9H11NO3. The first kappa shape index (κ1) is 8.31. The van der Waals surface area contributed by atoms with Crippen molar-refractivity contribution in [2.24, 2.45) is 0 Å². The molecular weight excluding hydrogens is 170 g/mol. The topological polar surface area (TPSA) is 73.3 Å². The molecule has 1 unspecified atom stereocenters. The van der Waals surface area contributed by atoms with Crippen LogP contribution in [0.5, 0.6) is 0 Å². The molecule has 1 aromatic rings. The van der Waals surface area contributed by atoms with Crippen molar-refractivity contribution < 1.29 is 15.0 Å². The van der Waals surface area contributed by atoms with Gasteiger partial charge in [0.2, 0.25) is 0 Å². The first-order chi connectivity index (χ1) is 6.17. The highest BCUT2D eigenvalue weighted by atomic mass is 16.4. The Morgan fingerprint density at radius 1 is 1.62 bits per heavy atom. The summed E-state index contributed by atoms with van der Waals surface area (Å²) in [6.07, 6.45) is 1.93. The minimum Gasteiger partial charge on any atom is -0.479 e. The molecule has 1 saturated carbocycles. The van der Waals surface area contributed by atoms with E-state index in [0.717, 1.165) is 18.5 Å². The van der Waals surface area contributed by atoms with Crippen molar-refractivity contribution in [3.63, 3.8) is 0 Å². The zero-order valence-electron chi connectivity index (χ0n) is 7.03. The summed E-state index contributed by atoms with van der Waals surface area (Å²) >= 11 is 0. The van der Waals surface area contributed by atoms with Crippen LogP contribution in [-0.4, -0.2) is 27.3 Å². The van der Waals surface area contributed by atoms with Crippen LogP contribution in [0.3, 0.4) is 0 Å². The second-order valence-electron chi connectivity index (χ2n) is 3.48. The molecule has 13 heavy (non-hydrogen) atoms. The summed E-state index contributed by atoms with van der Waals surface area (Å²) in [5.74, 6) is -1.15. The fourth-order valence-electron chi connectivity index (χ4n) is 1.70. The Morgan fingerprint density at radius 2 is 2.31 bits per heavy atom. The number of carboxylic acids is 1. The Bertz CT molecular complexity index is 314. The van der Waals surface area contributed by atoms with Crippen molar-refractivity contribution in [1.82, 2.24) is 4.98 Å². The molecule has 4 heteroatoms. The maximum atomic E-state index is 10.6. The van der Waals surface area contributed by atoms with E-state index in [1.165, 1.54) is 0 Å². The standard InChI is InChI=1S/C9H11NO3/c11-7(8(12)13)9(3-4-9)6-2-1-5-10-6/h1-2,5,7,10-11H,3-4H2,(H,12,13). The highest BCUT2D eigenvalue weighted by molar-refractivity contribution is 5.75. The van der Waals surface area contributed by atoms with E-state index in [2.05, 4.69) is 4.98 Å². The van der Waals surface area contributed by atoms with Crippen LogP contribution < -0.4 is 0 Å². The van der Waals surface area contributed by atoms with E-state index in [4.69, 9.17) is 5.11 Å². The largest absolute Gasteiger partial charge is 0.479 e. The molecule has 1 heterocycles. The second-order valence-corrected chi connectivity index (χ2v) is 3.48. The maximum Gasteiger partial charge on any atom is 0.333 e. The normalized spacial score (nSPS) is 21.0. The SMILES string of the molecule is O=C(O)C(O)C1(c2ccc[nH]2)CC1. The van der Waals surface area contributed by atoms with Gasteiger partial charge in [0.1, 0.15) is 0 Å². The van der Waals surface area contributed by atoms with Crippen LogP contribution in [0.4, 0.5) is 0 Å². The molecule has 2 rings (SSSR count). The Labute approximate surface area is 75.2 Å². The summed E-state index contributed by atoms with van der Waals surface area (Å²) < 4.78 is 0. The van der Waals surface area contributed by atoms with Gasteiger partial charge in [0, 0.05) is 17.3 Å². The van der Waals surface area contributed by atoms with E-state index in [0.29, 0.717) is 0 Å². The van der Waals surface area contributed by atoms with Crippen LogP contribution in [0.2, 0.25) is 0 Å². The molecule has 1 fully saturated rings. The lowest BCUT2D eigenvalue weighted by Crippen LogP contribution is -2.34. The number of hydrogen-bond acceptors (Lipinski definition) is 2. The van der Waals surface area contributed by atoms with Gasteiger partial charge in [0.15, 0.2) is 6.10 Å². The molecule has 0 saturated heterocycles. The molecule has 1 aliphatic rings. The van der Waals surface area contributed by atoms with Gasteiger partial charge in [-0.1, -0.05) is 0 Å². The number of aromatic amines is 1. The highest BCUT2D eigenvalue weighted by Gasteiger charge is 2.54. The van der Waals surface area contributed by atoms with Gasteiger partial charge in [-0.25, -0.2) is 4.79 Å². The number of aromatic nitrogens is 1. The summed E-state index contributed by atoms with van der Waals surface area (Å²) in [6, 6.07) is 3.63. The Morgan fingerprint density at radius 3 is 2.69 bits per heavy atom. The van der Waals surface area contributed by atoms with E-state index >= 15 is 0 Å². The van der Waals surface area contributed by atoms with Gasteiger partial charge < -0.3 is 15.2 Å². The van der Waals surface area contributed by atoms with Gasteiger partial charge in [0.05, 0.1) is 0 Å². The fourth-order valence-corrected chi connectivity index (χ4v) is 1.70. The van der Waals surface area contributed by atoms with Crippen LogP contribution in [0.1, 0.15) is 18.5 Å². The third-order valence-corrected chi connectivity index (χ3v) is 2.68. The van der Waals surface area contributed by atoms with Gasteiger partial charge in [-0.05, 0) is 25.0 Å². The number of carboxylic acid groups (broad SMARTS) is 1. The first-order valence-electron chi connectivity index (χ1n) is 4.21. The quantitative estimate of drug-likeness (QED) is 0.635. The molecule has 0 amide bonds. The van der Waals surface area contributed by atoms with Gasteiger partial charge in [-0.3, -0.25) is 0 Å². The van der Waals surface area contributed by atoms with Crippen molar-refractivity contribution in [3.05, 3.63) is 24.0 Å². The molecule has 4 nitrogen and oxygen atoms in total. The number of hydrogen-bond donors (Lipinski definition) is 3. The molecule has 0 aliphatic heterocycles. The lowest BCUT2D eigenvalue weighted by Gasteiger charge is -2.16. The number of aliphatic hydroxyl groups is 1. The molecule has 0 aromatic carbocycles. The third-order valence-electron chi connectivity index (χ3n) is 2.68. The van der Waals surface area contributed by atoms with Crippen LogP contribution in [0.15, 0.2) is 18.3 Å². The number of aliphatic hydroxyl groups excluding tert-OH is 1. The average molecular weight is 181 g/mol. The third kappa shape index (κ3) is 1.14. The van der Waals surface area contributed by atoms with Crippen molar-refractivity contribution in [2.45, 2.75) is 24.4 Å². The zero-order chi connectivity index (χ0) is 9.47. The number of aliphatic carboxylic acids is 1. The first-order valence-corrected chi connectivity index (χ1v) is 4.21. The van der Waals surface area contributed by atoms with Crippen LogP contribution in [0.25, 0.3) is 0 Å². The number of H-pyrrole nitrogens is 1. The van der Waals surface area contributed by atoms with Crippen LogP contribution in [0, 0.1) is 0 Å².